The maximum absolute atomic E-state index is 13.5. The van der Waals surface area contributed by atoms with Crippen molar-refractivity contribution in [2.75, 3.05) is 4.72 Å². The van der Waals surface area contributed by atoms with Crippen LogP contribution in [0.1, 0.15) is 11.3 Å². The van der Waals surface area contributed by atoms with Crippen LogP contribution in [0.3, 0.4) is 0 Å². The summed E-state index contributed by atoms with van der Waals surface area (Å²) in [6.45, 7) is 0. The van der Waals surface area contributed by atoms with Crippen molar-refractivity contribution in [2.45, 2.75) is 11.9 Å². The Morgan fingerprint density at radius 3 is 2.43 bits per heavy atom. The minimum atomic E-state index is -4.58. The maximum Gasteiger partial charge on any atom is 0.433 e. The largest absolute Gasteiger partial charge is 0.433 e. The molecule has 0 bridgehead atoms. The molecule has 2 aromatic carbocycles. The van der Waals surface area contributed by atoms with Crippen molar-refractivity contribution in [1.29, 1.82) is 0 Å². The lowest BCUT2D eigenvalue weighted by atomic mass is 10.0. The summed E-state index contributed by atoms with van der Waals surface area (Å²) in [5.41, 5.74) is 1.74. The second kappa shape index (κ2) is 11.0. The number of aromatic nitrogens is 5. The van der Waals surface area contributed by atoms with E-state index in [-0.39, 0.29) is 22.6 Å². The molecule has 0 amide bonds. The lowest BCUT2D eigenvalue weighted by molar-refractivity contribution is -0.141. The molecule has 0 saturated carbocycles. The Bertz CT molecular complexity index is 2040. The molecule has 210 valence electrons. The summed E-state index contributed by atoms with van der Waals surface area (Å²) in [5.74, 6) is -0.184. The van der Waals surface area contributed by atoms with Crippen molar-refractivity contribution in [2.24, 2.45) is 0 Å². The van der Waals surface area contributed by atoms with Gasteiger partial charge in [-0.3, -0.25) is 19.5 Å². The van der Waals surface area contributed by atoms with Gasteiger partial charge in [0.1, 0.15) is 22.4 Å². The Morgan fingerprint density at radius 2 is 1.69 bits per heavy atom. The summed E-state index contributed by atoms with van der Waals surface area (Å²) in [4.78, 5) is 33.6. The summed E-state index contributed by atoms with van der Waals surface area (Å²) in [6, 6.07) is 18.6. The third kappa shape index (κ3) is 5.46. The van der Waals surface area contributed by atoms with E-state index in [2.05, 4.69) is 19.7 Å². The number of hydrogen-bond donors (Lipinski definition) is 2. The average molecular weight is 607 g/mol. The number of rotatable bonds is 6. The van der Waals surface area contributed by atoms with Gasteiger partial charge in [0.2, 0.25) is 5.43 Å². The quantitative estimate of drug-likeness (QED) is 0.222. The molecule has 42 heavy (non-hydrogen) atoms. The number of alkyl halides is 3. The Hall–Kier alpha value is -4.68. The van der Waals surface area contributed by atoms with Crippen LogP contribution < -0.4 is 10.2 Å². The molecule has 0 radical (unpaired) electrons. The number of nitrogens with one attached hydrogen (secondary N) is 2. The van der Waals surface area contributed by atoms with E-state index in [9.17, 15) is 22.2 Å². The monoisotopic (exact) mass is 606 g/mol. The van der Waals surface area contributed by atoms with Gasteiger partial charge >= 0.3 is 6.18 Å². The molecule has 0 saturated heterocycles. The highest BCUT2D eigenvalue weighted by Crippen LogP contribution is 2.34. The summed E-state index contributed by atoms with van der Waals surface area (Å²) < 4.78 is 53.8. The van der Waals surface area contributed by atoms with Gasteiger partial charge in [-0.1, -0.05) is 54.1 Å². The molecule has 2 N–H and O–H groups in total. The molecule has 8 nitrogen and oxygen atoms in total. The second-order valence-corrected chi connectivity index (χ2v) is 10.8. The van der Waals surface area contributed by atoms with Gasteiger partial charge in [-0.2, -0.15) is 13.2 Å². The SMILES string of the molecule is O=c1c(NS(=O)Cc2ccc(C(F)(F)F)nc2)c[nH]c2nc(-c3ccccc3)c(-c3cc(Cl)c4ncccc4c3)nc12. The van der Waals surface area contributed by atoms with E-state index in [0.717, 1.165) is 23.2 Å². The van der Waals surface area contributed by atoms with Crippen LogP contribution in [-0.4, -0.2) is 29.1 Å². The first-order chi connectivity index (χ1) is 20.2. The summed E-state index contributed by atoms with van der Waals surface area (Å²) >= 11 is 6.56. The molecule has 4 aromatic heterocycles. The molecule has 0 fully saturated rings. The fourth-order valence-corrected chi connectivity index (χ4v) is 5.59. The number of hydrogen-bond acceptors (Lipinski definition) is 6. The fourth-order valence-electron chi connectivity index (χ4n) is 4.37. The zero-order valence-electron chi connectivity index (χ0n) is 21.3. The number of halogens is 4. The van der Waals surface area contributed by atoms with Gasteiger partial charge in [-0.05, 0) is 29.8 Å². The standard InChI is InChI=1S/C29H18ClF3N6O2S/c30-20-12-19(11-18-7-4-10-34-23(18)20)25-24(17-5-2-1-3-6-17)38-28-26(37-25)27(40)21(14-36-28)39-42(41)15-16-8-9-22(35-13-16)29(31,32)33/h1-14,39H,15H2,(H,36,38,40). The van der Waals surface area contributed by atoms with Crippen molar-refractivity contribution in [3.63, 3.8) is 0 Å². The van der Waals surface area contributed by atoms with Crippen molar-refractivity contribution in [1.82, 2.24) is 24.9 Å². The maximum atomic E-state index is 13.5. The average Bonchev–Trinajstić information content (AvgIpc) is 2.98. The molecular formula is C29H18ClF3N6O2S. The van der Waals surface area contributed by atoms with E-state index in [1.807, 2.05) is 42.5 Å². The minimum Gasteiger partial charge on any atom is -0.342 e. The molecule has 0 spiro atoms. The van der Waals surface area contributed by atoms with Crippen LogP contribution in [-0.2, 0) is 22.9 Å². The Labute approximate surface area is 243 Å². The van der Waals surface area contributed by atoms with Crippen LogP contribution in [0.25, 0.3) is 44.6 Å². The van der Waals surface area contributed by atoms with Gasteiger partial charge in [-0.25, -0.2) is 14.2 Å². The Morgan fingerprint density at radius 1 is 0.905 bits per heavy atom. The van der Waals surface area contributed by atoms with E-state index >= 15 is 0 Å². The van der Waals surface area contributed by atoms with Crippen LogP contribution in [0, 0.1) is 0 Å². The van der Waals surface area contributed by atoms with E-state index < -0.39 is 28.3 Å². The highest BCUT2D eigenvalue weighted by Gasteiger charge is 2.32. The van der Waals surface area contributed by atoms with Crippen molar-refractivity contribution < 1.29 is 17.4 Å². The van der Waals surface area contributed by atoms with Crippen LogP contribution in [0.4, 0.5) is 18.9 Å². The van der Waals surface area contributed by atoms with Crippen molar-refractivity contribution in [3.05, 3.63) is 112 Å². The molecule has 1 atom stereocenters. The number of fused-ring (bicyclic) bond motifs is 2. The van der Waals surface area contributed by atoms with Crippen molar-refractivity contribution >= 4 is 50.3 Å². The molecule has 0 aliphatic carbocycles. The van der Waals surface area contributed by atoms with Gasteiger partial charge < -0.3 is 4.98 Å². The summed E-state index contributed by atoms with van der Waals surface area (Å²) in [5, 5.41) is 1.18. The van der Waals surface area contributed by atoms with Gasteiger partial charge in [-0.15, -0.1) is 0 Å². The van der Waals surface area contributed by atoms with E-state index in [4.69, 9.17) is 21.6 Å². The van der Waals surface area contributed by atoms with E-state index in [1.165, 1.54) is 12.3 Å². The third-order valence-corrected chi connectivity index (χ3v) is 7.66. The number of pyridine rings is 3. The number of nitrogens with zero attached hydrogens (tertiary/aromatic N) is 4. The first kappa shape index (κ1) is 27.5. The molecular weight excluding hydrogens is 589 g/mol. The molecule has 0 aliphatic heterocycles. The molecule has 4 heterocycles. The predicted octanol–water partition coefficient (Wildman–Crippen LogP) is 6.54. The molecule has 1 unspecified atom stereocenters. The van der Waals surface area contributed by atoms with Crippen LogP contribution >= 0.6 is 11.6 Å². The highest BCUT2D eigenvalue weighted by molar-refractivity contribution is 7.85. The van der Waals surface area contributed by atoms with Gasteiger partial charge in [0.15, 0.2) is 11.2 Å². The van der Waals surface area contributed by atoms with Crippen LogP contribution in [0.2, 0.25) is 5.02 Å². The van der Waals surface area contributed by atoms with Gasteiger partial charge in [0, 0.05) is 35.1 Å². The summed E-state index contributed by atoms with van der Waals surface area (Å²) in [6.07, 6.45) is -0.607. The second-order valence-electron chi connectivity index (χ2n) is 9.19. The van der Waals surface area contributed by atoms with Crippen LogP contribution in [0.5, 0.6) is 0 Å². The van der Waals surface area contributed by atoms with Gasteiger partial charge in [0.25, 0.3) is 0 Å². The van der Waals surface area contributed by atoms with E-state index in [0.29, 0.717) is 33.1 Å². The first-order valence-electron chi connectivity index (χ1n) is 12.4. The molecule has 0 aliphatic rings. The topological polar surface area (TPSA) is 114 Å². The lowest BCUT2D eigenvalue weighted by Gasteiger charge is -2.13. The molecule has 6 aromatic rings. The predicted molar refractivity (Wildman–Crippen MR) is 156 cm³/mol. The molecule has 13 heteroatoms. The minimum absolute atomic E-state index is 0.00900. The normalized spacial score (nSPS) is 12.5. The van der Waals surface area contributed by atoms with Crippen molar-refractivity contribution in [3.8, 4) is 22.5 Å². The van der Waals surface area contributed by atoms with Crippen LogP contribution in [0.15, 0.2) is 90.1 Å². The zero-order chi connectivity index (χ0) is 29.4. The number of aromatic amines is 1. The van der Waals surface area contributed by atoms with Gasteiger partial charge in [0.05, 0.1) is 27.7 Å². The summed E-state index contributed by atoms with van der Waals surface area (Å²) in [7, 11) is -1.86. The smallest absolute Gasteiger partial charge is 0.342 e. The fraction of sp³-hybridized carbons (Fsp3) is 0.0690. The Balaban J connectivity index is 1.40. The number of H-pyrrole nitrogens is 1. The zero-order valence-corrected chi connectivity index (χ0v) is 22.9. The molecule has 6 rings (SSSR count). The third-order valence-electron chi connectivity index (χ3n) is 6.32. The Kier molecular flexibility index (Phi) is 7.17. The van der Waals surface area contributed by atoms with E-state index in [1.54, 1.807) is 18.3 Å². The number of benzene rings is 2. The lowest BCUT2D eigenvalue weighted by Crippen LogP contribution is -2.17. The first-order valence-corrected chi connectivity index (χ1v) is 14.1. The number of anilines is 1. The highest BCUT2D eigenvalue weighted by atomic mass is 35.5.